The van der Waals surface area contributed by atoms with Crippen LogP contribution in [0.15, 0.2) is 41.6 Å². The van der Waals surface area contributed by atoms with E-state index in [1.54, 1.807) is 12.1 Å². The lowest BCUT2D eigenvalue weighted by Crippen LogP contribution is -2.06. The number of para-hydroxylation sites is 1. The summed E-state index contributed by atoms with van der Waals surface area (Å²) >= 11 is 0. The highest BCUT2D eigenvalue weighted by molar-refractivity contribution is 5.35. The van der Waals surface area contributed by atoms with E-state index in [0.29, 0.717) is 30.1 Å². The summed E-state index contributed by atoms with van der Waals surface area (Å²) in [6, 6.07) is 7.26. The second-order valence-corrected chi connectivity index (χ2v) is 5.36. The van der Waals surface area contributed by atoms with Crippen LogP contribution in [0.25, 0.3) is 0 Å². The van der Waals surface area contributed by atoms with E-state index in [9.17, 15) is 5.11 Å². The van der Waals surface area contributed by atoms with Crippen LogP contribution in [-0.2, 0) is 0 Å². The van der Waals surface area contributed by atoms with Gasteiger partial charge in [0.15, 0.2) is 0 Å². The van der Waals surface area contributed by atoms with Crippen molar-refractivity contribution in [1.82, 2.24) is 0 Å². The number of rotatable bonds is 9. The predicted octanol–water partition coefficient (Wildman–Crippen LogP) is 2.60. The van der Waals surface area contributed by atoms with Crippen molar-refractivity contribution >= 4 is 0 Å². The van der Waals surface area contributed by atoms with Gasteiger partial charge in [-0.2, -0.15) is 0 Å². The molecule has 0 radical (unpaired) electrons. The summed E-state index contributed by atoms with van der Waals surface area (Å²) in [6.45, 7) is 4.36. The van der Waals surface area contributed by atoms with E-state index in [4.69, 9.17) is 14.9 Å². The average molecular weight is 306 g/mol. The smallest absolute Gasteiger partial charge is 0.125 e. The van der Waals surface area contributed by atoms with E-state index in [2.05, 4.69) is 19.6 Å². The van der Waals surface area contributed by atoms with Crippen molar-refractivity contribution in [3.05, 3.63) is 47.2 Å². The Hall–Kier alpha value is -1.58. The molecule has 122 valence electrons. The molecule has 0 saturated carbocycles. The first-order valence-electron chi connectivity index (χ1n) is 7.65. The highest BCUT2D eigenvalue weighted by Gasteiger charge is 2.11. The second-order valence-electron chi connectivity index (χ2n) is 5.36. The molecule has 0 spiro atoms. The monoisotopic (exact) mass is 306 g/mol. The molecule has 1 aromatic carbocycles. The van der Waals surface area contributed by atoms with Gasteiger partial charge in [-0.1, -0.05) is 32.0 Å². The zero-order chi connectivity index (χ0) is 16.4. The van der Waals surface area contributed by atoms with Crippen molar-refractivity contribution in [3.63, 3.8) is 0 Å². The van der Waals surface area contributed by atoms with Crippen LogP contribution in [0, 0.1) is 5.92 Å². The number of ether oxygens (including phenoxy) is 1. The van der Waals surface area contributed by atoms with Gasteiger partial charge >= 0.3 is 0 Å². The fourth-order valence-corrected chi connectivity index (χ4v) is 2.12. The van der Waals surface area contributed by atoms with Crippen LogP contribution < -0.4 is 4.74 Å². The topological polar surface area (TPSA) is 69.9 Å². The first kappa shape index (κ1) is 18.5. The molecule has 0 unspecified atom stereocenters. The first-order valence-corrected chi connectivity index (χ1v) is 7.65. The van der Waals surface area contributed by atoms with E-state index >= 15 is 0 Å². The van der Waals surface area contributed by atoms with Crippen LogP contribution in [0.1, 0.15) is 38.4 Å². The van der Waals surface area contributed by atoms with Crippen molar-refractivity contribution in [2.45, 2.75) is 32.8 Å². The summed E-state index contributed by atoms with van der Waals surface area (Å²) < 4.78 is 5.43. The molecule has 0 fully saturated rings. The maximum absolute atomic E-state index is 10.3. The normalized spacial score (nSPS) is 11.9. The zero-order valence-electron chi connectivity index (χ0n) is 13.3. The van der Waals surface area contributed by atoms with Gasteiger partial charge in [-0.15, -0.1) is 5.73 Å². The molecule has 4 heteroatoms. The minimum absolute atomic E-state index is 0.0635. The van der Waals surface area contributed by atoms with Gasteiger partial charge in [0.25, 0.3) is 0 Å². The molecule has 0 aliphatic rings. The van der Waals surface area contributed by atoms with Crippen molar-refractivity contribution < 1.29 is 20.1 Å². The van der Waals surface area contributed by atoms with Gasteiger partial charge in [0.1, 0.15) is 12.4 Å². The minimum Gasteiger partial charge on any atom is -0.491 e. The molecule has 0 amide bonds. The Bertz CT molecular complexity index is 502. The third kappa shape index (κ3) is 6.04. The molecule has 3 N–H and O–H groups in total. The van der Waals surface area contributed by atoms with Crippen molar-refractivity contribution in [1.29, 1.82) is 0 Å². The van der Waals surface area contributed by atoms with E-state index in [1.165, 1.54) is 0 Å². The Labute approximate surface area is 132 Å². The van der Waals surface area contributed by atoms with Gasteiger partial charge in [-0.3, -0.25) is 0 Å². The molecule has 0 bridgehead atoms. The Balaban J connectivity index is 2.80. The Morgan fingerprint density at radius 3 is 2.59 bits per heavy atom. The molecule has 1 rings (SSSR count). The average Bonchev–Trinajstić information content (AvgIpc) is 2.52. The minimum atomic E-state index is -0.690. The summed E-state index contributed by atoms with van der Waals surface area (Å²) in [4.78, 5) is 0. The van der Waals surface area contributed by atoms with Crippen LogP contribution >= 0.6 is 0 Å². The van der Waals surface area contributed by atoms with Crippen LogP contribution in [0.5, 0.6) is 5.75 Å². The largest absolute Gasteiger partial charge is 0.491 e. The number of aliphatic hydroxyl groups is 3. The molecule has 0 aromatic heterocycles. The van der Waals surface area contributed by atoms with E-state index in [0.717, 1.165) is 5.57 Å². The summed E-state index contributed by atoms with van der Waals surface area (Å²) in [6.07, 6.45) is 2.13. The fraction of sp³-hybridized carbons (Fsp3) is 0.500. The Morgan fingerprint density at radius 2 is 1.95 bits per heavy atom. The lowest BCUT2D eigenvalue weighted by atomic mass is 10.0. The van der Waals surface area contributed by atoms with Crippen LogP contribution in [0.3, 0.4) is 0 Å². The lowest BCUT2D eigenvalue weighted by molar-refractivity contribution is 0.166. The third-order valence-electron chi connectivity index (χ3n) is 3.33. The molecule has 1 aromatic rings. The SMILES string of the molecule is CC(C)C(=C=CC[C@@H](O)c1ccccc1OCCO)CCO. The van der Waals surface area contributed by atoms with Crippen molar-refractivity contribution in [3.8, 4) is 5.75 Å². The summed E-state index contributed by atoms with van der Waals surface area (Å²) in [5, 5.41) is 28.2. The molecule has 0 saturated heterocycles. The van der Waals surface area contributed by atoms with Crippen LogP contribution in [0.4, 0.5) is 0 Å². The van der Waals surface area contributed by atoms with Gasteiger partial charge in [0.05, 0.1) is 12.7 Å². The fourth-order valence-electron chi connectivity index (χ4n) is 2.12. The maximum Gasteiger partial charge on any atom is 0.125 e. The summed E-state index contributed by atoms with van der Waals surface area (Å²) in [5.74, 6) is 0.904. The lowest BCUT2D eigenvalue weighted by Gasteiger charge is -2.14. The number of benzene rings is 1. The third-order valence-corrected chi connectivity index (χ3v) is 3.33. The number of hydrogen-bond acceptors (Lipinski definition) is 4. The van der Waals surface area contributed by atoms with Crippen molar-refractivity contribution in [2.24, 2.45) is 5.92 Å². The molecule has 22 heavy (non-hydrogen) atoms. The molecule has 4 nitrogen and oxygen atoms in total. The molecule has 0 aliphatic heterocycles. The quantitative estimate of drug-likeness (QED) is 0.613. The highest BCUT2D eigenvalue weighted by Crippen LogP contribution is 2.27. The molecule has 1 atom stereocenters. The van der Waals surface area contributed by atoms with Gasteiger partial charge in [0.2, 0.25) is 0 Å². The molecular weight excluding hydrogens is 280 g/mol. The zero-order valence-corrected chi connectivity index (χ0v) is 13.3. The second kappa shape index (κ2) is 10.2. The predicted molar refractivity (Wildman–Crippen MR) is 86.7 cm³/mol. The van der Waals surface area contributed by atoms with Gasteiger partial charge in [-0.25, -0.2) is 0 Å². The van der Waals surface area contributed by atoms with Gasteiger partial charge in [-0.05, 0) is 30.1 Å². The maximum atomic E-state index is 10.3. The molecule has 0 aliphatic carbocycles. The van der Waals surface area contributed by atoms with Gasteiger partial charge < -0.3 is 20.1 Å². The van der Waals surface area contributed by atoms with E-state index in [1.807, 2.05) is 18.2 Å². The Morgan fingerprint density at radius 1 is 1.23 bits per heavy atom. The van der Waals surface area contributed by atoms with Crippen molar-refractivity contribution in [2.75, 3.05) is 19.8 Å². The van der Waals surface area contributed by atoms with E-state index < -0.39 is 6.10 Å². The summed E-state index contributed by atoms with van der Waals surface area (Å²) in [7, 11) is 0. The number of hydrogen-bond donors (Lipinski definition) is 3. The summed E-state index contributed by atoms with van der Waals surface area (Å²) in [5.41, 5.74) is 4.91. The van der Waals surface area contributed by atoms with Crippen LogP contribution in [-0.4, -0.2) is 35.1 Å². The molecular formula is C18H26O4. The van der Waals surface area contributed by atoms with Crippen LogP contribution in [0.2, 0.25) is 0 Å². The Kier molecular flexibility index (Phi) is 8.56. The highest BCUT2D eigenvalue weighted by atomic mass is 16.5. The first-order chi connectivity index (χ1) is 10.6. The molecule has 0 heterocycles. The number of aliphatic hydroxyl groups excluding tert-OH is 3. The standard InChI is InChI=1S/C18H26O4/c1-14(2)15(10-11-19)6-5-8-17(21)16-7-3-4-9-18(16)22-13-12-20/h3-5,7,9,14,17,19-21H,8,10-13H2,1-2H3/t6?,17-/m1/s1. The van der Waals surface area contributed by atoms with Gasteiger partial charge in [0, 0.05) is 18.6 Å². The van der Waals surface area contributed by atoms with E-state index in [-0.39, 0.29) is 19.8 Å².